The van der Waals surface area contributed by atoms with Gasteiger partial charge in [0.1, 0.15) is 0 Å². The number of benzene rings is 1. The van der Waals surface area contributed by atoms with Gasteiger partial charge in [-0.1, -0.05) is 12.1 Å². The van der Waals surface area contributed by atoms with Gasteiger partial charge in [-0.2, -0.15) is 0 Å². The fourth-order valence-corrected chi connectivity index (χ4v) is 5.72. The predicted octanol–water partition coefficient (Wildman–Crippen LogP) is 3.26. The number of carbonyl (C=O) groups excluding carboxylic acids is 1. The smallest absolute Gasteiger partial charge is 0.253 e. The Labute approximate surface area is 193 Å². The van der Waals surface area contributed by atoms with Gasteiger partial charge in [-0.3, -0.25) is 14.6 Å². The van der Waals surface area contributed by atoms with E-state index in [0.29, 0.717) is 18.1 Å². The number of hydrogen-bond donors (Lipinski definition) is 0. The molecule has 3 saturated heterocycles. The Kier molecular flexibility index (Phi) is 7.87. The van der Waals surface area contributed by atoms with Crippen LogP contribution in [0.3, 0.4) is 0 Å². The van der Waals surface area contributed by atoms with Crippen LogP contribution in [0.4, 0.5) is 0 Å². The zero-order valence-electron chi connectivity index (χ0n) is 20.3. The molecule has 0 saturated carbocycles. The largest absolute Gasteiger partial charge is 0.373 e. The Morgan fingerprint density at radius 2 is 1.31 bits per heavy atom. The van der Waals surface area contributed by atoms with Gasteiger partial charge in [0.2, 0.25) is 0 Å². The van der Waals surface area contributed by atoms with Gasteiger partial charge in [-0.05, 0) is 64.2 Å². The van der Waals surface area contributed by atoms with Crippen molar-refractivity contribution in [3.8, 4) is 0 Å². The number of piperidine rings is 1. The number of rotatable bonds is 5. The van der Waals surface area contributed by atoms with Gasteiger partial charge in [-0.25, -0.2) is 0 Å². The third-order valence-corrected chi connectivity index (χ3v) is 7.02. The molecule has 1 amide bonds. The van der Waals surface area contributed by atoms with Crippen molar-refractivity contribution in [2.24, 2.45) is 5.92 Å². The van der Waals surface area contributed by atoms with E-state index >= 15 is 0 Å². The summed E-state index contributed by atoms with van der Waals surface area (Å²) in [6.07, 6.45) is 3.38. The standard InChI is InChI=1S/C26H41N3O3/c1-19-13-27(14-20(2)31-19)17-23-5-7-25(8-6-23)26(30)29-11-9-24(10-12-29)18-28-15-21(3)32-22(4)16-28/h5-8,19-22,24H,9-18H2,1-4H3. The van der Waals surface area contributed by atoms with Gasteiger partial charge < -0.3 is 14.4 Å². The number of ether oxygens (including phenoxy) is 2. The van der Waals surface area contributed by atoms with E-state index in [1.807, 2.05) is 17.0 Å². The SMILES string of the molecule is CC1CN(Cc2ccc(C(=O)N3CCC(CN4CC(C)OC(C)C4)CC3)cc2)CC(C)O1. The number of carbonyl (C=O) groups is 1. The van der Waals surface area contributed by atoms with Gasteiger partial charge in [0.15, 0.2) is 0 Å². The number of morpholine rings is 2. The molecule has 3 aliphatic rings. The van der Waals surface area contributed by atoms with Gasteiger partial charge in [0.25, 0.3) is 5.91 Å². The fraction of sp³-hybridized carbons (Fsp3) is 0.731. The Hall–Kier alpha value is -1.47. The molecule has 0 N–H and O–H groups in total. The first-order valence-electron chi connectivity index (χ1n) is 12.5. The molecule has 0 radical (unpaired) electrons. The summed E-state index contributed by atoms with van der Waals surface area (Å²) in [7, 11) is 0. The van der Waals surface area contributed by atoms with Gasteiger partial charge in [0, 0.05) is 57.9 Å². The van der Waals surface area contributed by atoms with Crippen LogP contribution in [0.5, 0.6) is 0 Å². The predicted molar refractivity (Wildman–Crippen MR) is 127 cm³/mol. The summed E-state index contributed by atoms with van der Waals surface area (Å²) >= 11 is 0. The highest BCUT2D eigenvalue weighted by molar-refractivity contribution is 5.94. The lowest BCUT2D eigenvalue weighted by molar-refractivity contribution is -0.0729. The molecule has 178 valence electrons. The molecule has 6 heteroatoms. The molecule has 4 atom stereocenters. The molecule has 1 aromatic rings. The van der Waals surface area contributed by atoms with Crippen LogP contribution >= 0.6 is 0 Å². The highest BCUT2D eigenvalue weighted by Crippen LogP contribution is 2.23. The first kappa shape index (κ1) is 23.7. The molecule has 4 rings (SSSR count). The highest BCUT2D eigenvalue weighted by atomic mass is 16.5. The average Bonchev–Trinajstić information content (AvgIpc) is 2.73. The van der Waals surface area contributed by atoms with E-state index in [1.54, 1.807) is 0 Å². The summed E-state index contributed by atoms with van der Waals surface area (Å²) in [5.41, 5.74) is 2.07. The summed E-state index contributed by atoms with van der Waals surface area (Å²) < 4.78 is 11.7. The normalized spacial score (nSPS) is 31.1. The van der Waals surface area contributed by atoms with Crippen molar-refractivity contribution in [1.29, 1.82) is 0 Å². The molecule has 0 spiro atoms. The zero-order chi connectivity index (χ0) is 22.7. The van der Waals surface area contributed by atoms with Gasteiger partial charge >= 0.3 is 0 Å². The van der Waals surface area contributed by atoms with Crippen LogP contribution in [-0.2, 0) is 16.0 Å². The quantitative estimate of drug-likeness (QED) is 0.699. The van der Waals surface area contributed by atoms with Crippen LogP contribution in [0.2, 0.25) is 0 Å². The summed E-state index contributed by atoms with van der Waals surface area (Å²) in [5, 5.41) is 0. The molecule has 0 bridgehead atoms. The number of hydrogen-bond acceptors (Lipinski definition) is 5. The molecular formula is C26H41N3O3. The molecule has 0 aliphatic carbocycles. The molecule has 3 heterocycles. The maximum Gasteiger partial charge on any atom is 0.253 e. The Morgan fingerprint density at radius 3 is 1.84 bits per heavy atom. The number of nitrogens with zero attached hydrogens (tertiary/aromatic N) is 3. The molecular weight excluding hydrogens is 402 g/mol. The topological polar surface area (TPSA) is 45.3 Å². The molecule has 32 heavy (non-hydrogen) atoms. The monoisotopic (exact) mass is 443 g/mol. The maximum absolute atomic E-state index is 13.0. The lowest BCUT2D eigenvalue weighted by Gasteiger charge is -2.39. The maximum atomic E-state index is 13.0. The van der Waals surface area contributed by atoms with Crippen LogP contribution in [-0.4, -0.2) is 90.8 Å². The minimum absolute atomic E-state index is 0.178. The molecule has 0 aromatic heterocycles. The number of amides is 1. The van der Waals surface area contributed by atoms with Crippen molar-refractivity contribution in [3.63, 3.8) is 0 Å². The average molecular weight is 444 g/mol. The van der Waals surface area contributed by atoms with Crippen molar-refractivity contribution in [2.45, 2.75) is 71.5 Å². The van der Waals surface area contributed by atoms with E-state index in [9.17, 15) is 4.79 Å². The van der Waals surface area contributed by atoms with Crippen molar-refractivity contribution in [3.05, 3.63) is 35.4 Å². The summed E-state index contributed by atoms with van der Waals surface area (Å²) in [6.45, 7) is 16.3. The molecule has 6 nitrogen and oxygen atoms in total. The second-order valence-corrected chi connectivity index (χ2v) is 10.4. The first-order valence-corrected chi connectivity index (χ1v) is 12.5. The highest BCUT2D eigenvalue weighted by Gasteiger charge is 2.28. The van der Waals surface area contributed by atoms with Crippen molar-refractivity contribution >= 4 is 5.91 Å². The third kappa shape index (κ3) is 6.31. The van der Waals surface area contributed by atoms with Crippen LogP contribution in [0, 0.1) is 5.92 Å². The Bertz CT molecular complexity index is 727. The lowest BCUT2D eigenvalue weighted by Crippen LogP contribution is -2.48. The van der Waals surface area contributed by atoms with E-state index in [4.69, 9.17) is 9.47 Å². The van der Waals surface area contributed by atoms with Crippen LogP contribution in [0.15, 0.2) is 24.3 Å². The zero-order valence-corrected chi connectivity index (χ0v) is 20.3. The third-order valence-electron chi connectivity index (χ3n) is 7.02. The first-order chi connectivity index (χ1) is 15.4. The van der Waals surface area contributed by atoms with E-state index in [-0.39, 0.29) is 18.1 Å². The number of likely N-dealkylation sites (tertiary alicyclic amines) is 1. The molecule has 3 aliphatic heterocycles. The van der Waals surface area contributed by atoms with E-state index < -0.39 is 0 Å². The minimum atomic E-state index is 0.178. The van der Waals surface area contributed by atoms with Gasteiger partial charge in [-0.15, -0.1) is 0 Å². The van der Waals surface area contributed by atoms with E-state index in [2.05, 4.69) is 49.6 Å². The van der Waals surface area contributed by atoms with E-state index in [1.165, 1.54) is 5.56 Å². The van der Waals surface area contributed by atoms with E-state index in [0.717, 1.165) is 70.8 Å². The van der Waals surface area contributed by atoms with Crippen LogP contribution in [0.1, 0.15) is 56.5 Å². The van der Waals surface area contributed by atoms with Crippen LogP contribution < -0.4 is 0 Å². The van der Waals surface area contributed by atoms with Crippen LogP contribution in [0.25, 0.3) is 0 Å². The van der Waals surface area contributed by atoms with Gasteiger partial charge in [0.05, 0.1) is 24.4 Å². The van der Waals surface area contributed by atoms with Crippen molar-refractivity contribution in [2.75, 3.05) is 45.8 Å². The molecule has 3 fully saturated rings. The fourth-order valence-electron chi connectivity index (χ4n) is 5.72. The minimum Gasteiger partial charge on any atom is -0.373 e. The lowest BCUT2D eigenvalue weighted by atomic mass is 9.95. The van der Waals surface area contributed by atoms with Crippen molar-refractivity contribution in [1.82, 2.24) is 14.7 Å². The summed E-state index contributed by atoms with van der Waals surface area (Å²) in [4.78, 5) is 20.1. The summed E-state index contributed by atoms with van der Waals surface area (Å²) in [5.74, 6) is 0.856. The van der Waals surface area contributed by atoms with Crippen molar-refractivity contribution < 1.29 is 14.3 Å². The molecule has 1 aromatic carbocycles. The molecule has 4 unspecified atom stereocenters. The summed E-state index contributed by atoms with van der Waals surface area (Å²) in [6, 6.07) is 8.25. The Morgan fingerprint density at radius 1 is 0.812 bits per heavy atom. The Balaban J connectivity index is 1.24. The second kappa shape index (κ2) is 10.6. The second-order valence-electron chi connectivity index (χ2n) is 10.4.